The van der Waals surface area contributed by atoms with E-state index < -0.39 is 11.8 Å². The van der Waals surface area contributed by atoms with Crippen molar-refractivity contribution in [2.45, 2.75) is 0 Å². The minimum absolute atomic E-state index is 0.0233. The molecule has 0 saturated carbocycles. The van der Waals surface area contributed by atoms with Crippen LogP contribution in [0.1, 0.15) is 5.56 Å². The Balaban J connectivity index is 2.43. The molecule has 1 heterocycles. The van der Waals surface area contributed by atoms with Gasteiger partial charge in [-0.05, 0) is 30.4 Å². The van der Waals surface area contributed by atoms with Gasteiger partial charge >= 0.3 is 0 Å². The second-order valence-electron chi connectivity index (χ2n) is 3.72. The van der Waals surface area contributed by atoms with Crippen LogP contribution in [0.15, 0.2) is 23.8 Å². The minimum Gasteiger partial charge on any atom is -0.508 e. The number of phenolic OH excluding ortho intramolecular Hbond substituents is 1. The molecule has 19 heavy (non-hydrogen) atoms. The Hall–Kier alpha value is -2.41. The molecule has 2 amide bonds. The quantitative estimate of drug-likeness (QED) is 0.412. The second-order valence-corrected chi connectivity index (χ2v) is 4.13. The number of carbonyl (C=O) groups excluding carboxylic acids is 2. The highest BCUT2D eigenvalue weighted by Gasteiger charge is 2.26. The van der Waals surface area contributed by atoms with E-state index in [9.17, 15) is 14.7 Å². The summed E-state index contributed by atoms with van der Waals surface area (Å²) in [7, 11) is 1.42. The van der Waals surface area contributed by atoms with E-state index in [1.54, 1.807) is 0 Å². The molecule has 1 fully saturated rings. The fraction of sp³-hybridized carbons (Fsp3) is 0.0833. The Morgan fingerprint density at radius 3 is 2.47 bits per heavy atom. The summed E-state index contributed by atoms with van der Waals surface area (Å²) < 4.78 is 5.07. The molecule has 0 aromatic heterocycles. The summed E-state index contributed by atoms with van der Waals surface area (Å²) in [4.78, 5) is 23.3. The van der Waals surface area contributed by atoms with Crippen LogP contribution in [0.2, 0.25) is 0 Å². The zero-order valence-corrected chi connectivity index (χ0v) is 10.7. The van der Waals surface area contributed by atoms with E-state index in [-0.39, 0.29) is 16.4 Å². The maximum atomic E-state index is 11.7. The number of aromatic hydroxyl groups is 1. The lowest BCUT2D eigenvalue weighted by molar-refractivity contribution is -0.123. The standard InChI is InChI=1S/C12H10N2O4S/c1-18-9-5-7(15)3-2-6(9)4-8-10(16)13-12(19)14-11(8)17/h2-5,15H,1H3,(H2,13,14,16,17,19). The van der Waals surface area contributed by atoms with E-state index in [4.69, 9.17) is 17.0 Å². The molecule has 3 N–H and O–H groups in total. The molecule has 0 atom stereocenters. The Bertz CT molecular complexity index is 588. The van der Waals surface area contributed by atoms with E-state index in [1.807, 2.05) is 0 Å². The molecule has 6 nitrogen and oxygen atoms in total. The molecule has 98 valence electrons. The number of hydrogen-bond donors (Lipinski definition) is 3. The molecule has 2 rings (SSSR count). The molecule has 1 saturated heterocycles. The first-order valence-electron chi connectivity index (χ1n) is 5.26. The highest BCUT2D eigenvalue weighted by Crippen LogP contribution is 2.26. The van der Waals surface area contributed by atoms with E-state index >= 15 is 0 Å². The number of hydrogen-bond acceptors (Lipinski definition) is 5. The summed E-state index contributed by atoms with van der Waals surface area (Å²) >= 11 is 4.69. The fourth-order valence-corrected chi connectivity index (χ4v) is 1.77. The molecule has 0 aliphatic carbocycles. The van der Waals surface area contributed by atoms with Crippen LogP contribution < -0.4 is 15.4 Å². The van der Waals surface area contributed by atoms with Crippen molar-refractivity contribution in [1.82, 2.24) is 10.6 Å². The predicted molar refractivity (Wildman–Crippen MR) is 71.5 cm³/mol. The molecular formula is C12H10N2O4S. The Kier molecular flexibility index (Phi) is 3.48. The third-order valence-electron chi connectivity index (χ3n) is 2.46. The third kappa shape index (κ3) is 2.71. The molecule has 1 aromatic rings. The smallest absolute Gasteiger partial charge is 0.263 e. The lowest BCUT2D eigenvalue weighted by atomic mass is 10.1. The second kappa shape index (κ2) is 5.07. The van der Waals surface area contributed by atoms with Gasteiger partial charge < -0.3 is 9.84 Å². The fourth-order valence-electron chi connectivity index (χ4n) is 1.58. The molecule has 1 aliphatic rings. The van der Waals surface area contributed by atoms with E-state index in [2.05, 4.69) is 10.6 Å². The summed E-state index contributed by atoms with van der Waals surface area (Å²) in [5, 5.41) is 14.0. The van der Waals surface area contributed by atoms with Gasteiger partial charge in [0, 0.05) is 11.6 Å². The zero-order chi connectivity index (χ0) is 14.0. The average Bonchev–Trinajstić information content (AvgIpc) is 2.35. The molecule has 1 aliphatic heterocycles. The molecular weight excluding hydrogens is 268 g/mol. The van der Waals surface area contributed by atoms with Gasteiger partial charge in [0.1, 0.15) is 17.1 Å². The van der Waals surface area contributed by atoms with Gasteiger partial charge in [0.15, 0.2) is 5.11 Å². The summed E-state index contributed by atoms with van der Waals surface area (Å²) in [5.74, 6) is -0.785. The van der Waals surface area contributed by atoms with Gasteiger partial charge in [-0.25, -0.2) is 0 Å². The van der Waals surface area contributed by atoms with E-state index in [0.717, 1.165) is 0 Å². The lowest BCUT2D eigenvalue weighted by Crippen LogP contribution is -2.51. The third-order valence-corrected chi connectivity index (χ3v) is 2.66. The molecule has 0 bridgehead atoms. The Labute approximate surface area is 114 Å². The van der Waals surface area contributed by atoms with E-state index in [1.165, 1.54) is 31.4 Å². The van der Waals surface area contributed by atoms with Crippen molar-refractivity contribution in [2.75, 3.05) is 7.11 Å². The number of carbonyl (C=O) groups is 2. The van der Waals surface area contributed by atoms with Crippen LogP contribution >= 0.6 is 12.2 Å². The van der Waals surface area contributed by atoms with Gasteiger partial charge in [-0.2, -0.15) is 0 Å². The monoisotopic (exact) mass is 278 g/mol. The Morgan fingerprint density at radius 2 is 1.89 bits per heavy atom. The van der Waals surface area contributed by atoms with Gasteiger partial charge in [-0.1, -0.05) is 0 Å². The van der Waals surface area contributed by atoms with Gasteiger partial charge in [0.05, 0.1) is 7.11 Å². The minimum atomic E-state index is -0.580. The zero-order valence-electron chi connectivity index (χ0n) is 9.89. The summed E-state index contributed by atoms with van der Waals surface area (Å²) in [6, 6.07) is 4.35. The van der Waals surface area contributed by atoms with Gasteiger partial charge in [0.25, 0.3) is 11.8 Å². The van der Waals surface area contributed by atoms with Crippen LogP contribution in [0.25, 0.3) is 6.08 Å². The number of nitrogens with one attached hydrogen (secondary N) is 2. The average molecular weight is 278 g/mol. The molecule has 7 heteroatoms. The van der Waals surface area contributed by atoms with Crippen LogP contribution in [-0.4, -0.2) is 29.1 Å². The van der Waals surface area contributed by atoms with Crippen LogP contribution in [-0.2, 0) is 9.59 Å². The maximum absolute atomic E-state index is 11.7. The number of methoxy groups -OCH3 is 1. The molecule has 0 spiro atoms. The number of thiocarbonyl (C=S) groups is 1. The first-order valence-corrected chi connectivity index (χ1v) is 5.67. The van der Waals surface area contributed by atoms with Gasteiger partial charge in [0.2, 0.25) is 0 Å². The van der Waals surface area contributed by atoms with Crippen molar-refractivity contribution < 1.29 is 19.4 Å². The first-order chi connectivity index (χ1) is 9.01. The van der Waals surface area contributed by atoms with Gasteiger partial charge in [-0.3, -0.25) is 20.2 Å². The van der Waals surface area contributed by atoms with Crippen molar-refractivity contribution >= 4 is 35.2 Å². The number of benzene rings is 1. The van der Waals surface area contributed by atoms with Crippen molar-refractivity contribution in [1.29, 1.82) is 0 Å². The SMILES string of the molecule is COc1cc(O)ccc1C=C1C(=O)NC(=S)NC1=O. The normalized spacial score (nSPS) is 14.8. The largest absolute Gasteiger partial charge is 0.508 e. The van der Waals surface area contributed by atoms with Crippen molar-refractivity contribution in [3.8, 4) is 11.5 Å². The molecule has 1 aromatic carbocycles. The topological polar surface area (TPSA) is 87.7 Å². The highest BCUT2D eigenvalue weighted by molar-refractivity contribution is 7.80. The van der Waals surface area contributed by atoms with Crippen LogP contribution in [0.4, 0.5) is 0 Å². The van der Waals surface area contributed by atoms with Crippen molar-refractivity contribution in [3.05, 3.63) is 29.3 Å². The first kappa shape index (κ1) is 13.0. The Morgan fingerprint density at radius 1 is 1.26 bits per heavy atom. The van der Waals surface area contributed by atoms with Crippen molar-refractivity contribution in [2.24, 2.45) is 0 Å². The maximum Gasteiger partial charge on any atom is 0.263 e. The number of phenols is 1. The molecule has 0 unspecified atom stereocenters. The summed E-state index contributed by atoms with van der Waals surface area (Å²) in [5.41, 5.74) is 0.408. The number of amides is 2. The lowest BCUT2D eigenvalue weighted by Gasteiger charge is -2.16. The van der Waals surface area contributed by atoms with Crippen molar-refractivity contribution in [3.63, 3.8) is 0 Å². The van der Waals surface area contributed by atoms with Gasteiger partial charge in [-0.15, -0.1) is 0 Å². The van der Waals surface area contributed by atoms with Crippen LogP contribution in [0.5, 0.6) is 11.5 Å². The van der Waals surface area contributed by atoms with E-state index in [0.29, 0.717) is 11.3 Å². The summed E-state index contributed by atoms with van der Waals surface area (Å²) in [6.07, 6.45) is 1.37. The number of rotatable bonds is 2. The summed E-state index contributed by atoms with van der Waals surface area (Å²) in [6.45, 7) is 0. The number of ether oxygens (including phenoxy) is 1. The van der Waals surface area contributed by atoms with Crippen LogP contribution in [0, 0.1) is 0 Å². The van der Waals surface area contributed by atoms with Crippen LogP contribution in [0.3, 0.4) is 0 Å². The molecule has 0 radical (unpaired) electrons. The predicted octanol–water partition coefficient (Wildman–Crippen LogP) is 0.315. The highest BCUT2D eigenvalue weighted by atomic mass is 32.1.